The number of carbonyl (C=O) groups excluding carboxylic acids is 3. The number of ketones is 1. The van der Waals surface area contributed by atoms with Crippen LogP contribution in [0.5, 0.6) is 11.5 Å². The molecular weight excluding hydrogens is 568 g/mol. The van der Waals surface area contributed by atoms with Crippen LogP contribution < -0.4 is 25.7 Å². The van der Waals surface area contributed by atoms with Gasteiger partial charge in [0.15, 0.2) is 11.5 Å². The summed E-state index contributed by atoms with van der Waals surface area (Å²) in [5.74, 6) is -0.625. The molecule has 4 aromatic rings. The van der Waals surface area contributed by atoms with Gasteiger partial charge in [-0.2, -0.15) is 0 Å². The molecule has 0 saturated carbocycles. The molecular formula is C31H32N6O7. The van der Waals surface area contributed by atoms with Crippen molar-refractivity contribution >= 4 is 23.3 Å². The van der Waals surface area contributed by atoms with Crippen molar-refractivity contribution in [2.75, 3.05) is 12.1 Å². The number of hydrogen-bond acceptors (Lipinski definition) is 10. The first-order valence-corrected chi connectivity index (χ1v) is 14.0. The monoisotopic (exact) mass is 600 g/mol. The van der Waals surface area contributed by atoms with E-state index in [4.69, 9.17) is 13.9 Å². The fourth-order valence-electron chi connectivity index (χ4n) is 4.75. The molecule has 2 aromatic carbocycles. The molecule has 228 valence electrons. The van der Waals surface area contributed by atoms with Crippen molar-refractivity contribution in [3.05, 3.63) is 82.4 Å². The van der Waals surface area contributed by atoms with Crippen molar-refractivity contribution in [2.45, 2.75) is 52.6 Å². The first-order chi connectivity index (χ1) is 21.0. The number of benzene rings is 2. The largest absolute Gasteiger partial charge is 0.454 e. The van der Waals surface area contributed by atoms with Crippen LogP contribution in [-0.2, 0) is 21.5 Å². The van der Waals surface area contributed by atoms with Crippen LogP contribution in [0.2, 0.25) is 0 Å². The molecule has 1 aliphatic heterocycles. The molecule has 1 unspecified atom stereocenters. The number of amides is 2. The Morgan fingerprint density at radius 3 is 2.45 bits per heavy atom. The van der Waals surface area contributed by atoms with Crippen LogP contribution in [0.25, 0.3) is 11.4 Å². The van der Waals surface area contributed by atoms with E-state index in [-0.39, 0.29) is 36.0 Å². The lowest BCUT2D eigenvalue weighted by molar-refractivity contribution is -0.122. The fraction of sp³-hybridized carbons (Fsp3) is 0.323. The number of Topliss-reactive ketones (excluding diaryl/α,β-unsaturated/α-hetero) is 1. The molecule has 2 amide bonds. The zero-order valence-electron chi connectivity index (χ0n) is 24.9. The Kier molecular flexibility index (Phi) is 8.30. The lowest BCUT2D eigenvalue weighted by atomic mass is 9.84. The number of hydrogen-bond donors (Lipinski definition) is 2. The minimum atomic E-state index is -1.04. The first-order valence-electron chi connectivity index (χ1n) is 14.0. The van der Waals surface area contributed by atoms with E-state index < -0.39 is 41.2 Å². The van der Waals surface area contributed by atoms with Crippen LogP contribution in [0, 0.1) is 5.92 Å². The minimum Gasteiger partial charge on any atom is -0.454 e. The van der Waals surface area contributed by atoms with E-state index in [0.717, 1.165) is 10.1 Å². The lowest BCUT2D eigenvalue weighted by Gasteiger charge is -2.22. The average molecular weight is 601 g/mol. The molecule has 13 heteroatoms. The average Bonchev–Trinajstić information content (AvgIpc) is 3.68. The van der Waals surface area contributed by atoms with E-state index in [0.29, 0.717) is 17.1 Å². The quantitative estimate of drug-likeness (QED) is 0.258. The molecule has 2 aromatic heterocycles. The Morgan fingerprint density at radius 2 is 1.75 bits per heavy atom. The van der Waals surface area contributed by atoms with Crippen LogP contribution >= 0.6 is 0 Å². The summed E-state index contributed by atoms with van der Waals surface area (Å²) in [7, 11) is 0. The van der Waals surface area contributed by atoms with Crippen molar-refractivity contribution < 1.29 is 28.3 Å². The summed E-state index contributed by atoms with van der Waals surface area (Å²) in [5, 5.41) is 13.3. The third-order valence-electron chi connectivity index (χ3n) is 7.22. The number of aromatic nitrogens is 4. The van der Waals surface area contributed by atoms with Gasteiger partial charge in [-0.3, -0.25) is 23.7 Å². The summed E-state index contributed by atoms with van der Waals surface area (Å²) in [5.41, 5.74) is -0.0715. The third kappa shape index (κ3) is 6.07. The standard InChI is InChI=1S/C31H32N6O7/c1-17(2)25(26(40)28-35-36-30(44-28)31(4,5)20-11-12-22-23(13-20)43-16-42-22)34-24(39)15-37-27(19-9-7-6-8-10-19)32-14-21(29(37)41)33-18(3)38/h6-14,17,25H,15-16H2,1-5H3,(H,33,38)(H,34,39). The molecule has 2 N–H and O–H groups in total. The molecule has 1 atom stereocenters. The summed E-state index contributed by atoms with van der Waals surface area (Å²) in [6.07, 6.45) is 1.25. The van der Waals surface area contributed by atoms with Crippen molar-refractivity contribution in [3.8, 4) is 22.9 Å². The van der Waals surface area contributed by atoms with Crippen LogP contribution in [0.15, 0.2) is 63.9 Å². The van der Waals surface area contributed by atoms with Gasteiger partial charge in [0.25, 0.3) is 11.4 Å². The Morgan fingerprint density at radius 1 is 1.02 bits per heavy atom. The molecule has 0 aliphatic carbocycles. The van der Waals surface area contributed by atoms with E-state index in [9.17, 15) is 19.2 Å². The van der Waals surface area contributed by atoms with Gasteiger partial charge in [0.1, 0.15) is 18.1 Å². The van der Waals surface area contributed by atoms with E-state index in [1.54, 1.807) is 44.2 Å². The van der Waals surface area contributed by atoms with Gasteiger partial charge in [-0.1, -0.05) is 50.2 Å². The molecule has 44 heavy (non-hydrogen) atoms. The second-order valence-corrected chi connectivity index (χ2v) is 11.2. The highest BCUT2D eigenvalue weighted by Gasteiger charge is 2.35. The first kappa shape index (κ1) is 30.1. The van der Waals surface area contributed by atoms with Gasteiger partial charge in [0.05, 0.1) is 17.7 Å². The SMILES string of the molecule is CC(=O)Nc1cnc(-c2ccccc2)n(CC(=O)NC(C(=O)c2nnc(C(C)(C)c3ccc4c(c3)OCO4)o2)C(C)C)c1=O. The van der Waals surface area contributed by atoms with E-state index in [2.05, 4.69) is 25.8 Å². The van der Waals surface area contributed by atoms with Gasteiger partial charge in [-0.25, -0.2) is 4.98 Å². The van der Waals surface area contributed by atoms with Crippen LogP contribution in [0.3, 0.4) is 0 Å². The van der Waals surface area contributed by atoms with Gasteiger partial charge in [-0.05, 0) is 37.5 Å². The number of rotatable bonds is 10. The predicted octanol–water partition coefficient (Wildman–Crippen LogP) is 3.33. The van der Waals surface area contributed by atoms with Crippen LogP contribution in [0.4, 0.5) is 5.69 Å². The van der Waals surface area contributed by atoms with E-state index >= 15 is 0 Å². The summed E-state index contributed by atoms with van der Waals surface area (Å²) in [6, 6.07) is 13.3. The maximum atomic E-state index is 13.6. The molecule has 0 radical (unpaired) electrons. The highest BCUT2D eigenvalue weighted by Crippen LogP contribution is 2.38. The predicted molar refractivity (Wildman–Crippen MR) is 158 cm³/mol. The molecule has 0 fully saturated rings. The third-order valence-corrected chi connectivity index (χ3v) is 7.22. The summed E-state index contributed by atoms with van der Waals surface area (Å²) < 4.78 is 17.9. The summed E-state index contributed by atoms with van der Waals surface area (Å²) in [6.45, 7) is 8.21. The smallest absolute Gasteiger partial charge is 0.286 e. The van der Waals surface area contributed by atoms with Gasteiger partial charge in [-0.15, -0.1) is 10.2 Å². The number of nitrogens with zero attached hydrogens (tertiary/aromatic N) is 4. The maximum Gasteiger partial charge on any atom is 0.286 e. The number of nitrogens with one attached hydrogen (secondary N) is 2. The molecule has 1 aliphatic rings. The number of anilines is 1. The van der Waals surface area contributed by atoms with Gasteiger partial charge >= 0.3 is 0 Å². The Balaban J connectivity index is 1.38. The number of carbonyl (C=O) groups is 3. The second-order valence-electron chi connectivity index (χ2n) is 11.2. The molecule has 13 nitrogen and oxygen atoms in total. The lowest BCUT2D eigenvalue weighted by Crippen LogP contribution is -2.46. The number of fused-ring (bicyclic) bond motifs is 1. The fourth-order valence-corrected chi connectivity index (χ4v) is 4.75. The molecule has 0 saturated heterocycles. The van der Waals surface area contributed by atoms with Crippen LogP contribution in [0.1, 0.15) is 56.8 Å². The normalized spacial score (nSPS) is 13.0. The van der Waals surface area contributed by atoms with E-state index in [1.165, 1.54) is 13.1 Å². The van der Waals surface area contributed by atoms with Gasteiger partial charge in [0, 0.05) is 12.5 Å². The summed E-state index contributed by atoms with van der Waals surface area (Å²) >= 11 is 0. The van der Waals surface area contributed by atoms with Crippen molar-refractivity contribution in [1.29, 1.82) is 0 Å². The summed E-state index contributed by atoms with van der Waals surface area (Å²) in [4.78, 5) is 56.2. The zero-order valence-corrected chi connectivity index (χ0v) is 24.9. The Labute approximate surface area is 252 Å². The molecule has 0 spiro atoms. The minimum absolute atomic E-state index is 0.0788. The second kappa shape index (κ2) is 12.1. The highest BCUT2D eigenvalue weighted by molar-refractivity contribution is 5.98. The van der Waals surface area contributed by atoms with Crippen LogP contribution in [-0.4, -0.2) is 50.2 Å². The van der Waals surface area contributed by atoms with Crippen molar-refractivity contribution in [1.82, 2.24) is 25.1 Å². The van der Waals surface area contributed by atoms with Gasteiger partial charge in [0.2, 0.25) is 30.3 Å². The van der Waals surface area contributed by atoms with Crippen molar-refractivity contribution in [2.24, 2.45) is 5.92 Å². The number of ether oxygens (including phenoxy) is 2. The Hall–Kier alpha value is -5.33. The van der Waals surface area contributed by atoms with E-state index in [1.807, 2.05) is 32.0 Å². The molecule has 5 rings (SSSR count). The van der Waals surface area contributed by atoms with Crippen molar-refractivity contribution in [3.63, 3.8) is 0 Å². The maximum absolute atomic E-state index is 13.6. The zero-order chi connectivity index (χ0) is 31.6. The van der Waals surface area contributed by atoms with Gasteiger partial charge < -0.3 is 24.5 Å². The molecule has 3 heterocycles. The molecule has 0 bridgehead atoms. The highest BCUT2D eigenvalue weighted by atomic mass is 16.7. The topological polar surface area (TPSA) is 168 Å². The Bertz CT molecular complexity index is 1780.